The molecule has 4 nitrogen and oxygen atoms in total. The summed E-state index contributed by atoms with van der Waals surface area (Å²) in [4.78, 5) is 16.4. The number of carbonyl (C=O) groups excluding carboxylic acids is 1. The summed E-state index contributed by atoms with van der Waals surface area (Å²) >= 11 is 1.49. The predicted octanol–water partition coefficient (Wildman–Crippen LogP) is 4.32. The van der Waals surface area contributed by atoms with Crippen LogP contribution in [0.1, 0.15) is 17.5 Å². The lowest BCUT2D eigenvalue weighted by atomic mass is 10.2. The van der Waals surface area contributed by atoms with E-state index < -0.39 is 0 Å². The van der Waals surface area contributed by atoms with Gasteiger partial charge in [-0.2, -0.15) is 0 Å². The van der Waals surface area contributed by atoms with Crippen LogP contribution in [0.15, 0.2) is 42.5 Å². The van der Waals surface area contributed by atoms with Crippen LogP contribution in [0, 0.1) is 13.8 Å². The molecule has 0 aliphatic rings. The molecule has 1 amide bonds. The van der Waals surface area contributed by atoms with E-state index in [-0.39, 0.29) is 5.91 Å². The van der Waals surface area contributed by atoms with Crippen molar-refractivity contribution in [2.75, 3.05) is 11.9 Å². The first-order valence-corrected chi connectivity index (χ1v) is 8.28. The lowest BCUT2D eigenvalue weighted by molar-refractivity contribution is -0.116. The van der Waals surface area contributed by atoms with Crippen LogP contribution in [-0.2, 0) is 4.79 Å². The van der Waals surface area contributed by atoms with Gasteiger partial charge in [0.15, 0.2) is 5.13 Å². The van der Waals surface area contributed by atoms with Crippen LogP contribution in [0.25, 0.3) is 10.2 Å². The maximum absolute atomic E-state index is 12.0. The van der Waals surface area contributed by atoms with E-state index in [0.29, 0.717) is 18.2 Å². The quantitative estimate of drug-likeness (QED) is 0.759. The standard InChI is InChI=1S/C18H18N2O2S/c1-12-4-3-5-14(10-12)22-9-8-17(21)20-18-19-15-7-6-13(2)11-16(15)23-18/h3-7,10-11H,8-9H2,1-2H3,(H,19,20,21). The summed E-state index contributed by atoms with van der Waals surface area (Å²) in [5.41, 5.74) is 3.23. The van der Waals surface area contributed by atoms with Crippen molar-refractivity contribution in [1.82, 2.24) is 4.98 Å². The number of amides is 1. The first-order valence-electron chi connectivity index (χ1n) is 7.47. The lowest BCUT2D eigenvalue weighted by Gasteiger charge is -2.06. The minimum atomic E-state index is -0.0894. The molecule has 0 fully saturated rings. The van der Waals surface area contributed by atoms with Crippen molar-refractivity contribution in [3.63, 3.8) is 0 Å². The number of fused-ring (bicyclic) bond motifs is 1. The van der Waals surface area contributed by atoms with Gasteiger partial charge in [0, 0.05) is 0 Å². The number of hydrogen-bond acceptors (Lipinski definition) is 4. The number of aryl methyl sites for hydroxylation is 2. The predicted molar refractivity (Wildman–Crippen MR) is 94.3 cm³/mol. The molecule has 0 bridgehead atoms. The minimum absolute atomic E-state index is 0.0894. The number of nitrogens with zero attached hydrogens (tertiary/aromatic N) is 1. The van der Waals surface area contributed by atoms with E-state index in [4.69, 9.17) is 4.74 Å². The Balaban J connectivity index is 1.54. The summed E-state index contributed by atoms with van der Waals surface area (Å²) in [6, 6.07) is 13.8. The van der Waals surface area contributed by atoms with Crippen LogP contribution < -0.4 is 10.1 Å². The van der Waals surface area contributed by atoms with Crippen molar-refractivity contribution in [3.8, 4) is 5.75 Å². The Labute approximate surface area is 139 Å². The number of hydrogen-bond donors (Lipinski definition) is 1. The third-order valence-corrected chi connectivity index (χ3v) is 4.31. The molecule has 0 radical (unpaired) electrons. The monoisotopic (exact) mass is 326 g/mol. The Kier molecular flexibility index (Phi) is 4.57. The van der Waals surface area contributed by atoms with E-state index in [1.54, 1.807) is 0 Å². The highest BCUT2D eigenvalue weighted by atomic mass is 32.1. The Morgan fingerprint density at radius 3 is 2.83 bits per heavy atom. The molecule has 0 saturated carbocycles. The minimum Gasteiger partial charge on any atom is -0.493 e. The van der Waals surface area contributed by atoms with E-state index >= 15 is 0 Å². The molecule has 3 aromatic rings. The van der Waals surface area contributed by atoms with Gasteiger partial charge >= 0.3 is 0 Å². The molecule has 0 aliphatic heterocycles. The zero-order chi connectivity index (χ0) is 16.2. The Bertz CT molecular complexity index is 842. The van der Waals surface area contributed by atoms with E-state index in [2.05, 4.69) is 16.4 Å². The fourth-order valence-corrected chi connectivity index (χ4v) is 3.21. The van der Waals surface area contributed by atoms with Gasteiger partial charge < -0.3 is 10.1 Å². The van der Waals surface area contributed by atoms with Crippen molar-refractivity contribution in [2.24, 2.45) is 0 Å². The third-order valence-electron chi connectivity index (χ3n) is 3.38. The first-order chi connectivity index (χ1) is 11.1. The Morgan fingerprint density at radius 1 is 1.17 bits per heavy atom. The van der Waals surface area contributed by atoms with E-state index in [1.165, 1.54) is 16.9 Å². The van der Waals surface area contributed by atoms with Gasteiger partial charge in [-0.05, 0) is 49.2 Å². The van der Waals surface area contributed by atoms with Crippen molar-refractivity contribution in [2.45, 2.75) is 20.3 Å². The summed E-state index contributed by atoms with van der Waals surface area (Å²) < 4.78 is 6.67. The number of benzene rings is 2. The molecule has 1 aromatic heterocycles. The molecule has 0 unspecified atom stereocenters. The van der Waals surface area contributed by atoms with Gasteiger partial charge in [-0.15, -0.1) is 0 Å². The largest absolute Gasteiger partial charge is 0.493 e. The summed E-state index contributed by atoms with van der Waals surface area (Å²) in [5, 5.41) is 3.47. The normalized spacial score (nSPS) is 10.7. The maximum Gasteiger partial charge on any atom is 0.229 e. The van der Waals surface area contributed by atoms with Gasteiger partial charge in [-0.3, -0.25) is 4.79 Å². The Morgan fingerprint density at radius 2 is 2.00 bits per heavy atom. The average molecular weight is 326 g/mol. The van der Waals surface area contributed by atoms with Crippen LogP contribution >= 0.6 is 11.3 Å². The van der Waals surface area contributed by atoms with Gasteiger partial charge in [0.25, 0.3) is 0 Å². The summed E-state index contributed by atoms with van der Waals surface area (Å²) in [6.45, 7) is 4.40. The van der Waals surface area contributed by atoms with Crippen molar-refractivity contribution < 1.29 is 9.53 Å². The molecule has 118 valence electrons. The molecular formula is C18H18N2O2S. The zero-order valence-electron chi connectivity index (χ0n) is 13.1. The number of aromatic nitrogens is 1. The Hall–Kier alpha value is -2.40. The molecule has 0 atom stereocenters. The van der Waals surface area contributed by atoms with E-state index in [1.807, 2.05) is 50.2 Å². The van der Waals surface area contributed by atoms with Gasteiger partial charge in [-0.1, -0.05) is 29.5 Å². The second kappa shape index (κ2) is 6.79. The molecule has 2 aromatic carbocycles. The number of nitrogens with one attached hydrogen (secondary N) is 1. The first kappa shape index (κ1) is 15.5. The highest BCUT2D eigenvalue weighted by molar-refractivity contribution is 7.22. The van der Waals surface area contributed by atoms with Crippen molar-refractivity contribution in [3.05, 3.63) is 53.6 Å². The number of thiazole rings is 1. The molecule has 23 heavy (non-hydrogen) atoms. The van der Waals surface area contributed by atoms with E-state index in [0.717, 1.165) is 21.5 Å². The average Bonchev–Trinajstić information content (AvgIpc) is 2.88. The summed E-state index contributed by atoms with van der Waals surface area (Å²) in [5.74, 6) is 0.696. The molecule has 0 spiro atoms. The fraction of sp³-hybridized carbons (Fsp3) is 0.222. The molecule has 3 rings (SSSR count). The van der Waals surface area contributed by atoms with E-state index in [9.17, 15) is 4.79 Å². The van der Waals surface area contributed by atoms with Crippen molar-refractivity contribution >= 4 is 32.6 Å². The topological polar surface area (TPSA) is 51.2 Å². The molecule has 0 saturated heterocycles. The SMILES string of the molecule is Cc1cccc(OCCC(=O)Nc2nc3ccc(C)cc3s2)c1. The van der Waals surface area contributed by atoms with Crippen LogP contribution in [0.3, 0.4) is 0 Å². The summed E-state index contributed by atoms with van der Waals surface area (Å²) in [7, 11) is 0. The second-order valence-corrected chi connectivity index (χ2v) is 6.48. The van der Waals surface area contributed by atoms with Gasteiger partial charge in [0.2, 0.25) is 5.91 Å². The number of anilines is 1. The maximum atomic E-state index is 12.0. The molecule has 1 N–H and O–H groups in total. The molecule has 5 heteroatoms. The van der Waals surface area contributed by atoms with Crippen molar-refractivity contribution in [1.29, 1.82) is 0 Å². The van der Waals surface area contributed by atoms with Crippen LogP contribution in [-0.4, -0.2) is 17.5 Å². The smallest absolute Gasteiger partial charge is 0.229 e. The number of carbonyl (C=O) groups is 1. The highest BCUT2D eigenvalue weighted by Crippen LogP contribution is 2.26. The second-order valence-electron chi connectivity index (χ2n) is 5.45. The number of ether oxygens (including phenoxy) is 1. The van der Waals surface area contributed by atoms with Gasteiger partial charge in [0.1, 0.15) is 5.75 Å². The zero-order valence-corrected chi connectivity index (χ0v) is 13.9. The molecular weight excluding hydrogens is 308 g/mol. The highest BCUT2D eigenvalue weighted by Gasteiger charge is 2.08. The number of rotatable bonds is 5. The van der Waals surface area contributed by atoms with Crippen LogP contribution in [0.5, 0.6) is 5.75 Å². The van der Waals surface area contributed by atoms with Crippen LogP contribution in [0.2, 0.25) is 0 Å². The van der Waals surface area contributed by atoms with Crippen LogP contribution in [0.4, 0.5) is 5.13 Å². The third kappa shape index (κ3) is 4.07. The summed E-state index contributed by atoms with van der Waals surface area (Å²) in [6.07, 6.45) is 0.295. The van der Waals surface area contributed by atoms with Gasteiger partial charge in [0.05, 0.1) is 23.2 Å². The van der Waals surface area contributed by atoms with Gasteiger partial charge in [-0.25, -0.2) is 4.98 Å². The lowest BCUT2D eigenvalue weighted by Crippen LogP contribution is -2.15. The molecule has 1 heterocycles. The fourth-order valence-electron chi connectivity index (χ4n) is 2.23. The molecule has 0 aliphatic carbocycles.